The number of halogens is 1. The lowest BCUT2D eigenvalue weighted by Gasteiger charge is -2.34. The van der Waals surface area contributed by atoms with Crippen LogP contribution in [0.25, 0.3) is 0 Å². The molecular weight excluding hydrogens is 328 g/mol. The van der Waals surface area contributed by atoms with E-state index in [0.29, 0.717) is 30.8 Å². The van der Waals surface area contributed by atoms with Crippen LogP contribution in [0, 0.1) is 16.7 Å². The molecular formula is C13H15BrN2O2S. The highest BCUT2D eigenvalue weighted by Crippen LogP contribution is 2.32. The van der Waals surface area contributed by atoms with Gasteiger partial charge in [-0.2, -0.15) is 9.57 Å². The zero-order chi connectivity index (χ0) is 14.1. The summed E-state index contributed by atoms with van der Waals surface area (Å²) in [7, 11) is -3.43. The summed E-state index contributed by atoms with van der Waals surface area (Å²) in [6.45, 7) is 2.70. The molecule has 0 aromatic heterocycles. The van der Waals surface area contributed by atoms with Crippen molar-refractivity contribution >= 4 is 26.0 Å². The van der Waals surface area contributed by atoms with E-state index < -0.39 is 15.4 Å². The van der Waals surface area contributed by atoms with Gasteiger partial charge in [0.25, 0.3) is 0 Å². The molecule has 0 unspecified atom stereocenters. The second-order valence-electron chi connectivity index (χ2n) is 5.03. The van der Waals surface area contributed by atoms with E-state index in [4.69, 9.17) is 5.26 Å². The minimum absolute atomic E-state index is 0.302. The normalized spacial score (nSPS) is 19.8. The molecule has 0 aliphatic carbocycles. The molecule has 1 aromatic rings. The van der Waals surface area contributed by atoms with E-state index in [1.807, 2.05) is 6.92 Å². The van der Waals surface area contributed by atoms with E-state index in [1.54, 1.807) is 24.3 Å². The Kier molecular flexibility index (Phi) is 4.00. The molecule has 19 heavy (non-hydrogen) atoms. The lowest BCUT2D eigenvalue weighted by atomic mass is 9.83. The molecule has 0 radical (unpaired) electrons. The van der Waals surface area contributed by atoms with Gasteiger partial charge < -0.3 is 0 Å². The van der Waals surface area contributed by atoms with Crippen LogP contribution in [-0.2, 0) is 10.0 Å². The average molecular weight is 343 g/mol. The van der Waals surface area contributed by atoms with Crippen LogP contribution in [0.15, 0.2) is 33.6 Å². The molecule has 0 atom stereocenters. The Bertz CT molecular complexity index is 597. The quantitative estimate of drug-likeness (QED) is 0.830. The summed E-state index contributed by atoms with van der Waals surface area (Å²) >= 11 is 3.29. The smallest absolute Gasteiger partial charge is 0.207 e. The number of sulfonamides is 1. The maximum Gasteiger partial charge on any atom is 0.243 e. The second-order valence-corrected chi connectivity index (χ2v) is 7.88. The molecule has 6 heteroatoms. The van der Waals surface area contributed by atoms with Gasteiger partial charge in [0.1, 0.15) is 0 Å². The van der Waals surface area contributed by atoms with Crippen LogP contribution in [0.3, 0.4) is 0 Å². The van der Waals surface area contributed by atoms with Gasteiger partial charge in [-0.1, -0.05) is 15.9 Å². The third-order valence-electron chi connectivity index (χ3n) is 3.55. The van der Waals surface area contributed by atoms with E-state index in [-0.39, 0.29) is 0 Å². The number of nitrogens with zero attached hydrogens (tertiary/aromatic N) is 2. The van der Waals surface area contributed by atoms with Crippen molar-refractivity contribution in [2.75, 3.05) is 13.1 Å². The largest absolute Gasteiger partial charge is 0.243 e. The van der Waals surface area contributed by atoms with Crippen LogP contribution in [-0.4, -0.2) is 25.8 Å². The minimum Gasteiger partial charge on any atom is -0.207 e. The Morgan fingerprint density at radius 1 is 1.26 bits per heavy atom. The summed E-state index contributed by atoms with van der Waals surface area (Å²) in [4.78, 5) is 0.302. The van der Waals surface area contributed by atoms with Crippen LogP contribution < -0.4 is 0 Å². The molecule has 4 nitrogen and oxygen atoms in total. The molecule has 0 spiro atoms. The van der Waals surface area contributed by atoms with Crippen molar-refractivity contribution in [1.82, 2.24) is 4.31 Å². The summed E-state index contributed by atoms with van der Waals surface area (Å²) in [6, 6.07) is 8.90. The predicted octanol–water partition coefficient (Wildman–Crippen LogP) is 2.76. The lowest BCUT2D eigenvalue weighted by molar-refractivity contribution is 0.232. The van der Waals surface area contributed by atoms with E-state index in [0.717, 1.165) is 4.47 Å². The Labute approximate surface area is 122 Å². The molecule has 1 fully saturated rings. The number of hydrogen-bond acceptors (Lipinski definition) is 3. The molecule has 2 rings (SSSR count). The average Bonchev–Trinajstić information content (AvgIpc) is 2.40. The summed E-state index contributed by atoms with van der Waals surface area (Å²) in [5.74, 6) is 0. The number of benzene rings is 1. The Morgan fingerprint density at radius 3 is 2.26 bits per heavy atom. The van der Waals surface area contributed by atoms with Gasteiger partial charge in [0, 0.05) is 17.6 Å². The summed E-state index contributed by atoms with van der Waals surface area (Å²) in [5.41, 5.74) is -0.397. The highest BCUT2D eigenvalue weighted by Gasteiger charge is 2.35. The molecule has 1 saturated heterocycles. The fourth-order valence-corrected chi connectivity index (χ4v) is 3.79. The van der Waals surface area contributed by atoms with Crippen LogP contribution in [0.1, 0.15) is 19.8 Å². The first-order valence-electron chi connectivity index (χ1n) is 6.04. The molecule has 1 aliphatic heterocycles. The Morgan fingerprint density at radius 2 is 1.79 bits per heavy atom. The van der Waals surface area contributed by atoms with Crippen molar-refractivity contribution < 1.29 is 8.42 Å². The first-order valence-corrected chi connectivity index (χ1v) is 8.28. The molecule has 102 valence electrons. The lowest BCUT2D eigenvalue weighted by Crippen LogP contribution is -2.41. The maximum atomic E-state index is 12.4. The number of nitriles is 1. The van der Waals surface area contributed by atoms with Crippen LogP contribution in [0.5, 0.6) is 0 Å². The van der Waals surface area contributed by atoms with Gasteiger partial charge in [0.05, 0.1) is 16.4 Å². The zero-order valence-electron chi connectivity index (χ0n) is 10.6. The number of rotatable bonds is 2. The fourth-order valence-electron chi connectivity index (χ4n) is 2.09. The summed E-state index contributed by atoms with van der Waals surface area (Å²) < 4.78 is 27.2. The monoisotopic (exact) mass is 342 g/mol. The second kappa shape index (κ2) is 5.23. The molecule has 0 amide bonds. The molecule has 1 heterocycles. The van der Waals surface area contributed by atoms with Crippen molar-refractivity contribution in [1.29, 1.82) is 5.26 Å². The fraction of sp³-hybridized carbons (Fsp3) is 0.462. The zero-order valence-corrected chi connectivity index (χ0v) is 13.0. The van der Waals surface area contributed by atoms with Crippen molar-refractivity contribution in [3.05, 3.63) is 28.7 Å². The van der Waals surface area contributed by atoms with Crippen molar-refractivity contribution in [3.63, 3.8) is 0 Å². The minimum atomic E-state index is -3.43. The maximum absolute atomic E-state index is 12.4. The Balaban J connectivity index is 2.19. The highest BCUT2D eigenvalue weighted by atomic mass is 79.9. The van der Waals surface area contributed by atoms with E-state index >= 15 is 0 Å². The van der Waals surface area contributed by atoms with Gasteiger partial charge in [0.15, 0.2) is 0 Å². The van der Waals surface area contributed by atoms with E-state index in [1.165, 1.54) is 4.31 Å². The van der Waals surface area contributed by atoms with Gasteiger partial charge in [-0.05, 0) is 44.0 Å². The standard InChI is InChI=1S/C13H15BrN2O2S/c1-13(10-15)6-8-16(9-7-13)19(17,18)12-4-2-11(14)3-5-12/h2-5H,6-9H2,1H3. The van der Waals surface area contributed by atoms with Crippen LogP contribution in [0.2, 0.25) is 0 Å². The molecule has 1 aliphatic rings. The molecule has 1 aromatic carbocycles. The number of hydrogen-bond donors (Lipinski definition) is 0. The summed E-state index contributed by atoms with van der Waals surface area (Å²) in [5, 5.41) is 9.06. The van der Waals surface area contributed by atoms with E-state index in [9.17, 15) is 8.42 Å². The van der Waals surface area contributed by atoms with Gasteiger partial charge >= 0.3 is 0 Å². The van der Waals surface area contributed by atoms with E-state index in [2.05, 4.69) is 22.0 Å². The predicted molar refractivity (Wildman–Crippen MR) is 75.9 cm³/mol. The van der Waals surface area contributed by atoms with Gasteiger partial charge in [-0.15, -0.1) is 0 Å². The first-order chi connectivity index (χ1) is 8.87. The number of piperidine rings is 1. The molecule has 0 saturated carbocycles. The first kappa shape index (κ1) is 14.5. The Hall–Kier alpha value is -0.900. The van der Waals surface area contributed by atoms with Gasteiger partial charge in [-0.3, -0.25) is 0 Å². The SMILES string of the molecule is CC1(C#N)CCN(S(=O)(=O)c2ccc(Br)cc2)CC1. The van der Waals surface area contributed by atoms with Gasteiger partial charge in [-0.25, -0.2) is 8.42 Å². The molecule has 0 N–H and O–H groups in total. The molecule has 0 bridgehead atoms. The third-order valence-corrected chi connectivity index (χ3v) is 5.99. The topological polar surface area (TPSA) is 61.2 Å². The van der Waals surface area contributed by atoms with Crippen molar-refractivity contribution in [2.24, 2.45) is 5.41 Å². The van der Waals surface area contributed by atoms with Crippen molar-refractivity contribution in [3.8, 4) is 6.07 Å². The van der Waals surface area contributed by atoms with Crippen molar-refractivity contribution in [2.45, 2.75) is 24.7 Å². The van der Waals surface area contributed by atoms with Crippen LogP contribution in [0.4, 0.5) is 0 Å². The highest BCUT2D eigenvalue weighted by molar-refractivity contribution is 9.10. The van der Waals surface area contributed by atoms with Gasteiger partial charge in [0.2, 0.25) is 10.0 Å². The van der Waals surface area contributed by atoms with Crippen LogP contribution >= 0.6 is 15.9 Å². The summed E-state index contributed by atoms with van der Waals surface area (Å²) in [6.07, 6.45) is 1.17. The third kappa shape index (κ3) is 2.99.